The Morgan fingerprint density at radius 3 is 2.19 bits per heavy atom. The van der Waals surface area contributed by atoms with E-state index in [1.54, 1.807) is 0 Å². The summed E-state index contributed by atoms with van der Waals surface area (Å²) in [5.41, 5.74) is 2.90. The number of nitrogens with one attached hydrogen (secondary N) is 1. The molecule has 3 heteroatoms. The summed E-state index contributed by atoms with van der Waals surface area (Å²) in [6.07, 6.45) is 1.12. The van der Waals surface area contributed by atoms with E-state index in [9.17, 15) is 0 Å². The van der Waals surface area contributed by atoms with Crippen molar-refractivity contribution in [3.8, 4) is 0 Å². The summed E-state index contributed by atoms with van der Waals surface area (Å²) in [7, 11) is 0. The molecule has 0 aromatic heterocycles. The molecule has 1 aliphatic heterocycles. The molecule has 1 aromatic rings. The van der Waals surface area contributed by atoms with E-state index >= 15 is 0 Å². The molecular formula is C18H31N3. The Kier molecular flexibility index (Phi) is 6.68. The van der Waals surface area contributed by atoms with Crippen LogP contribution in [0.5, 0.6) is 0 Å². The zero-order chi connectivity index (χ0) is 15.1. The smallest absolute Gasteiger partial charge is 0.0476 e. The molecule has 1 heterocycles. The van der Waals surface area contributed by atoms with Crippen LogP contribution in [0.2, 0.25) is 0 Å². The molecule has 1 aliphatic rings. The molecule has 0 aliphatic carbocycles. The Bertz CT molecular complexity index is 391. The molecule has 21 heavy (non-hydrogen) atoms. The number of rotatable bonds is 7. The van der Waals surface area contributed by atoms with E-state index in [2.05, 4.69) is 60.2 Å². The molecule has 0 bridgehead atoms. The van der Waals surface area contributed by atoms with Crippen LogP contribution >= 0.6 is 0 Å². The van der Waals surface area contributed by atoms with Gasteiger partial charge in [0.1, 0.15) is 0 Å². The van der Waals surface area contributed by atoms with Crippen molar-refractivity contribution in [3.05, 3.63) is 35.4 Å². The lowest BCUT2D eigenvalue weighted by molar-refractivity contribution is 0.129. The standard InChI is InChI=1S/C18H31N3/c1-4-16-7-9-17(10-8-16)18(15-20(5-2)6-3)21-13-11-19-12-14-21/h7-10,18-19H,4-6,11-15H2,1-3H3. The third-order valence-electron chi connectivity index (χ3n) is 4.69. The summed E-state index contributed by atoms with van der Waals surface area (Å²) in [6, 6.07) is 9.81. The van der Waals surface area contributed by atoms with Crippen LogP contribution in [0.4, 0.5) is 0 Å². The molecule has 1 fully saturated rings. The van der Waals surface area contributed by atoms with Gasteiger partial charge >= 0.3 is 0 Å². The molecule has 1 unspecified atom stereocenters. The van der Waals surface area contributed by atoms with Crippen molar-refractivity contribution >= 4 is 0 Å². The molecule has 0 amide bonds. The topological polar surface area (TPSA) is 18.5 Å². The number of benzene rings is 1. The lowest BCUT2D eigenvalue weighted by Gasteiger charge is -2.37. The Balaban J connectivity index is 2.16. The number of piperazine rings is 1. The minimum absolute atomic E-state index is 0.526. The van der Waals surface area contributed by atoms with Gasteiger partial charge in [0, 0.05) is 38.8 Å². The molecule has 1 N–H and O–H groups in total. The van der Waals surface area contributed by atoms with E-state index in [4.69, 9.17) is 0 Å². The summed E-state index contributed by atoms with van der Waals surface area (Å²) in [5, 5.41) is 3.47. The first kappa shape index (κ1) is 16.5. The van der Waals surface area contributed by atoms with Crippen LogP contribution in [0.1, 0.15) is 37.9 Å². The molecule has 0 radical (unpaired) electrons. The SMILES string of the molecule is CCc1ccc(C(CN(CC)CC)N2CCNCC2)cc1. The Hall–Kier alpha value is -0.900. The van der Waals surface area contributed by atoms with Crippen molar-refractivity contribution < 1.29 is 0 Å². The zero-order valence-electron chi connectivity index (χ0n) is 13.9. The molecule has 2 rings (SSSR count). The average Bonchev–Trinajstić information content (AvgIpc) is 2.57. The number of nitrogens with zero attached hydrogens (tertiary/aromatic N) is 2. The van der Waals surface area contributed by atoms with Gasteiger partial charge in [-0.25, -0.2) is 0 Å². The van der Waals surface area contributed by atoms with Gasteiger partial charge in [0.2, 0.25) is 0 Å². The first-order valence-electron chi connectivity index (χ1n) is 8.54. The van der Waals surface area contributed by atoms with Gasteiger partial charge in [0.25, 0.3) is 0 Å². The van der Waals surface area contributed by atoms with Crippen molar-refractivity contribution in [2.24, 2.45) is 0 Å². The van der Waals surface area contributed by atoms with Crippen molar-refractivity contribution in [2.45, 2.75) is 33.2 Å². The van der Waals surface area contributed by atoms with Gasteiger partial charge in [-0.15, -0.1) is 0 Å². The Morgan fingerprint density at radius 1 is 1.05 bits per heavy atom. The van der Waals surface area contributed by atoms with Crippen LogP contribution in [0, 0.1) is 0 Å². The van der Waals surface area contributed by atoms with Crippen LogP contribution in [0.25, 0.3) is 0 Å². The first-order valence-corrected chi connectivity index (χ1v) is 8.54. The maximum absolute atomic E-state index is 3.47. The molecule has 0 saturated carbocycles. The highest BCUT2D eigenvalue weighted by molar-refractivity contribution is 5.25. The molecule has 1 atom stereocenters. The highest BCUT2D eigenvalue weighted by atomic mass is 15.2. The van der Waals surface area contributed by atoms with E-state index in [-0.39, 0.29) is 0 Å². The van der Waals surface area contributed by atoms with Crippen LogP contribution < -0.4 is 5.32 Å². The van der Waals surface area contributed by atoms with Gasteiger partial charge < -0.3 is 10.2 Å². The minimum atomic E-state index is 0.526. The van der Waals surface area contributed by atoms with E-state index in [0.29, 0.717) is 6.04 Å². The monoisotopic (exact) mass is 289 g/mol. The summed E-state index contributed by atoms with van der Waals surface area (Å²) >= 11 is 0. The lowest BCUT2D eigenvalue weighted by atomic mass is 10.0. The fourth-order valence-electron chi connectivity index (χ4n) is 3.13. The number of hydrogen-bond donors (Lipinski definition) is 1. The Morgan fingerprint density at radius 2 is 1.67 bits per heavy atom. The number of hydrogen-bond acceptors (Lipinski definition) is 3. The summed E-state index contributed by atoms with van der Waals surface area (Å²) < 4.78 is 0. The second-order valence-electron chi connectivity index (χ2n) is 5.88. The van der Waals surface area contributed by atoms with E-state index in [1.165, 1.54) is 11.1 Å². The number of aryl methyl sites for hydroxylation is 1. The van der Waals surface area contributed by atoms with Crippen molar-refractivity contribution in [1.82, 2.24) is 15.1 Å². The summed E-state index contributed by atoms with van der Waals surface area (Å²) in [4.78, 5) is 5.19. The first-order chi connectivity index (χ1) is 10.3. The summed E-state index contributed by atoms with van der Waals surface area (Å²) in [6.45, 7) is 14.7. The quantitative estimate of drug-likeness (QED) is 0.832. The van der Waals surface area contributed by atoms with Gasteiger partial charge in [-0.3, -0.25) is 4.90 Å². The normalized spacial score (nSPS) is 18.1. The van der Waals surface area contributed by atoms with Gasteiger partial charge in [-0.1, -0.05) is 45.0 Å². The van der Waals surface area contributed by atoms with E-state index in [1.807, 2.05) is 0 Å². The van der Waals surface area contributed by atoms with Gasteiger partial charge in [0.15, 0.2) is 0 Å². The fourth-order valence-corrected chi connectivity index (χ4v) is 3.13. The third kappa shape index (κ3) is 4.53. The molecule has 3 nitrogen and oxygen atoms in total. The maximum atomic E-state index is 3.47. The zero-order valence-corrected chi connectivity index (χ0v) is 13.9. The van der Waals surface area contributed by atoms with Gasteiger partial charge in [-0.05, 0) is 30.6 Å². The highest BCUT2D eigenvalue weighted by Gasteiger charge is 2.23. The largest absolute Gasteiger partial charge is 0.314 e. The predicted octanol–water partition coefficient (Wildman–Crippen LogP) is 2.54. The maximum Gasteiger partial charge on any atom is 0.0476 e. The fraction of sp³-hybridized carbons (Fsp3) is 0.667. The summed E-state index contributed by atoms with van der Waals surface area (Å²) in [5.74, 6) is 0. The average molecular weight is 289 g/mol. The minimum Gasteiger partial charge on any atom is -0.314 e. The predicted molar refractivity (Wildman–Crippen MR) is 90.8 cm³/mol. The molecule has 0 spiro atoms. The van der Waals surface area contributed by atoms with Crippen molar-refractivity contribution in [1.29, 1.82) is 0 Å². The molecule has 118 valence electrons. The molecule has 1 saturated heterocycles. The van der Waals surface area contributed by atoms with Crippen LogP contribution in [0.15, 0.2) is 24.3 Å². The highest BCUT2D eigenvalue weighted by Crippen LogP contribution is 2.23. The third-order valence-corrected chi connectivity index (χ3v) is 4.69. The Labute approximate surface area is 130 Å². The van der Waals surface area contributed by atoms with Crippen LogP contribution in [-0.4, -0.2) is 55.6 Å². The second kappa shape index (κ2) is 8.52. The van der Waals surface area contributed by atoms with Gasteiger partial charge in [-0.2, -0.15) is 0 Å². The van der Waals surface area contributed by atoms with Crippen LogP contribution in [-0.2, 0) is 6.42 Å². The van der Waals surface area contributed by atoms with Crippen LogP contribution in [0.3, 0.4) is 0 Å². The van der Waals surface area contributed by atoms with E-state index < -0.39 is 0 Å². The second-order valence-corrected chi connectivity index (χ2v) is 5.88. The van der Waals surface area contributed by atoms with Gasteiger partial charge in [0.05, 0.1) is 0 Å². The number of likely N-dealkylation sites (N-methyl/N-ethyl adjacent to an activating group) is 1. The van der Waals surface area contributed by atoms with Crippen molar-refractivity contribution in [3.63, 3.8) is 0 Å². The van der Waals surface area contributed by atoms with Crippen molar-refractivity contribution in [2.75, 3.05) is 45.8 Å². The molecular weight excluding hydrogens is 258 g/mol. The van der Waals surface area contributed by atoms with E-state index in [0.717, 1.165) is 52.2 Å². The lowest BCUT2D eigenvalue weighted by Crippen LogP contribution is -2.48. The molecule has 1 aromatic carbocycles.